The van der Waals surface area contributed by atoms with Gasteiger partial charge in [0.15, 0.2) is 0 Å². The first-order valence-electron chi connectivity index (χ1n) is 8.04. The SMILES string of the molecule is COC(=O)c1cc2ccc1CCc1ccc(cc1)CCCC2. The Hall–Kier alpha value is -2.09. The van der Waals surface area contributed by atoms with Crippen molar-refractivity contribution in [3.05, 3.63) is 70.3 Å². The van der Waals surface area contributed by atoms with Gasteiger partial charge in [-0.3, -0.25) is 0 Å². The molecule has 22 heavy (non-hydrogen) atoms. The third-order valence-corrected chi connectivity index (χ3v) is 4.47. The molecule has 114 valence electrons. The molecule has 2 aromatic carbocycles. The van der Waals surface area contributed by atoms with E-state index in [1.54, 1.807) is 0 Å². The molecule has 6 rings (SSSR count). The Balaban J connectivity index is 1.94. The Morgan fingerprint density at radius 3 is 2.09 bits per heavy atom. The molecule has 0 saturated carbocycles. The zero-order chi connectivity index (χ0) is 15.4. The number of ether oxygens (including phenoxy) is 1. The van der Waals surface area contributed by atoms with E-state index in [4.69, 9.17) is 4.74 Å². The van der Waals surface area contributed by atoms with Gasteiger partial charge in [0, 0.05) is 0 Å². The Bertz CT molecular complexity index is 656. The molecule has 0 aromatic heterocycles. The van der Waals surface area contributed by atoms with E-state index in [9.17, 15) is 4.79 Å². The molecule has 0 heterocycles. The molecule has 0 atom stereocenters. The standard InChI is InChI=1S/C20H22O2/c1-22-20(21)19-14-17-5-3-2-4-15-6-8-16(9-7-15)10-12-18(19)13-11-17/h6-9,11,13-14H,2-5,10,12H2,1H3. The average Bonchev–Trinajstić information content (AvgIpc) is 2.57. The van der Waals surface area contributed by atoms with Gasteiger partial charge in [-0.2, -0.15) is 0 Å². The molecule has 4 bridgehead atoms. The first-order valence-corrected chi connectivity index (χ1v) is 8.04. The fourth-order valence-electron chi connectivity index (χ4n) is 3.11. The van der Waals surface area contributed by atoms with Crippen molar-refractivity contribution in [3.63, 3.8) is 0 Å². The molecule has 2 heteroatoms. The molecular weight excluding hydrogens is 272 g/mol. The number of carbonyl (C=O) groups excluding carboxylic acids is 1. The highest BCUT2D eigenvalue weighted by Gasteiger charge is 2.13. The zero-order valence-corrected chi connectivity index (χ0v) is 13.1. The van der Waals surface area contributed by atoms with Crippen LogP contribution in [0.1, 0.15) is 45.5 Å². The van der Waals surface area contributed by atoms with Crippen molar-refractivity contribution in [1.29, 1.82) is 0 Å². The quantitative estimate of drug-likeness (QED) is 0.739. The van der Waals surface area contributed by atoms with Crippen LogP contribution in [-0.2, 0) is 30.4 Å². The summed E-state index contributed by atoms with van der Waals surface area (Å²) in [6, 6.07) is 15.2. The lowest BCUT2D eigenvalue weighted by atomic mass is 9.94. The van der Waals surface area contributed by atoms with E-state index in [0.717, 1.165) is 43.2 Å². The highest BCUT2D eigenvalue weighted by atomic mass is 16.5. The lowest BCUT2D eigenvalue weighted by Crippen LogP contribution is -2.08. The van der Waals surface area contributed by atoms with Crippen LogP contribution in [0.2, 0.25) is 0 Å². The molecular formula is C20H22O2. The van der Waals surface area contributed by atoms with E-state index in [0.29, 0.717) is 0 Å². The summed E-state index contributed by atoms with van der Waals surface area (Å²) in [6.45, 7) is 0. The summed E-state index contributed by atoms with van der Waals surface area (Å²) in [6.07, 6.45) is 6.27. The predicted molar refractivity (Wildman–Crippen MR) is 88.3 cm³/mol. The molecule has 2 nitrogen and oxygen atoms in total. The molecule has 0 amide bonds. The fraction of sp³-hybridized carbons (Fsp3) is 0.350. The smallest absolute Gasteiger partial charge is 0.338 e. The number of hydrogen-bond acceptors (Lipinski definition) is 2. The summed E-state index contributed by atoms with van der Waals surface area (Å²) in [5.74, 6) is -0.223. The summed E-state index contributed by atoms with van der Waals surface area (Å²) in [4.78, 5) is 12.1. The van der Waals surface area contributed by atoms with Crippen LogP contribution in [0.4, 0.5) is 0 Å². The van der Waals surface area contributed by atoms with Crippen molar-refractivity contribution < 1.29 is 9.53 Å². The van der Waals surface area contributed by atoms with Crippen molar-refractivity contribution in [2.24, 2.45) is 0 Å². The Kier molecular flexibility index (Phi) is 4.57. The van der Waals surface area contributed by atoms with Gasteiger partial charge >= 0.3 is 5.97 Å². The third-order valence-electron chi connectivity index (χ3n) is 4.47. The van der Waals surface area contributed by atoms with E-state index in [-0.39, 0.29) is 5.97 Å². The van der Waals surface area contributed by atoms with Gasteiger partial charge < -0.3 is 4.74 Å². The summed E-state index contributed by atoms with van der Waals surface area (Å²) >= 11 is 0. The van der Waals surface area contributed by atoms with E-state index in [1.165, 1.54) is 30.2 Å². The summed E-state index contributed by atoms with van der Waals surface area (Å²) in [5.41, 5.74) is 5.78. The van der Waals surface area contributed by atoms with Gasteiger partial charge in [0.2, 0.25) is 0 Å². The van der Waals surface area contributed by atoms with Gasteiger partial charge in [0.25, 0.3) is 0 Å². The number of rotatable bonds is 1. The molecule has 0 saturated heterocycles. The minimum atomic E-state index is -0.223. The second-order valence-corrected chi connectivity index (χ2v) is 6.01. The Morgan fingerprint density at radius 2 is 1.41 bits per heavy atom. The first-order chi connectivity index (χ1) is 10.8. The third kappa shape index (κ3) is 3.38. The molecule has 0 N–H and O–H groups in total. The predicted octanol–water partition coefficient (Wildman–Crippen LogP) is 4.14. The van der Waals surface area contributed by atoms with Crippen LogP contribution < -0.4 is 0 Å². The van der Waals surface area contributed by atoms with Gasteiger partial charge in [-0.15, -0.1) is 0 Å². The van der Waals surface area contributed by atoms with Crippen LogP contribution in [0.5, 0.6) is 0 Å². The van der Waals surface area contributed by atoms with Crippen LogP contribution >= 0.6 is 0 Å². The Labute approximate surface area is 132 Å². The van der Waals surface area contributed by atoms with Crippen LogP contribution in [0.15, 0.2) is 42.5 Å². The topological polar surface area (TPSA) is 26.3 Å². The van der Waals surface area contributed by atoms with Gasteiger partial charge in [-0.1, -0.05) is 36.4 Å². The van der Waals surface area contributed by atoms with E-state index in [1.807, 2.05) is 6.07 Å². The number of carbonyl (C=O) groups is 1. The van der Waals surface area contributed by atoms with Gasteiger partial charge in [0.05, 0.1) is 12.7 Å². The van der Waals surface area contributed by atoms with Crippen molar-refractivity contribution in [3.8, 4) is 0 Å². The average molecular weight is 294 g/mol. The second-order valence-electron chi connectivity index (χ2n) is 6.01. The van der Waals surface area contributed by atoms with E-state index < -0.39 is 0 Å². The molecule has 0 spiro atoms. The maximum Gasteiger partial charge on any atom is 0.338 e. The second kappa shape index (κ2) is 6.78. The molecule has 4 aliphatic carbocycles. The molecule has 4 aliphatic rings. The van der Waals surface area contributed by atoms with Crippen LogP contribution in [0.3, 0.4) is 0 Å². The minimum Gasteiger partial charge on any atom is -0.465 e. The first kappa shape index (κ1) is 14.8. The Morgan fingerprint density at radius 1 is 0.818 bits per heavy atom. The molecule has 0 fully saturated rings. The number of hydrogen-bond donors (Lipinski definition) is 0. The van der Waals surface area contributed by atoms with Crippen molar-refractivity contribution >= 4 is 5.97 Å². The lowest BCUT2D eigenvalue weighted by Gasteiger charge is -2.12. The number of methoxy groups -OCH3 is 1. The van der Waals surface area contributed by atoms with Crippen molar-refractivity contribution in [2.45, 2.75) is 38.5 Å². The van der Waals surface area contributed by atoms with Gasteiger partial charge in [-0.25, -0.2) is 4.79 Å². The number of aryl methyl sites for hydroxylation is 4. The maximum atomic E-state index is 12.1. The highest BCUT2D eigenvalue weighted by Crippen LogP contribution is 2.19. The minimum absolute atomic E-state index is 0.223. The number of esters is 1. The van der Waals surface area contributed by atoms with Gasteiger partial charge in [-0.05, 0) is 66.8 Å². The largest absolute Gasteiger partial charge is 0.465 e. The lowest BCUT2D eigenvalue weighted by molar-refractivity contribution is 0.0599. The monoisotopic (exact) mass is 294 g/mol. The van der Waals surface area contributed by atoms with E-state index in [2.05, 4.69) is 36.4 Å². The van der Waals surface area contributed by atoms with Crippen LogP contribution in [-0.4, -0.2) is 13.1 Å². The van der Waals surface area contributed by atoms with Crippen LogP contribution in [0.25, 0.3) is 0 Å². The molecule has 0 unspecified atom stereocenters. The fourth-order valence-corrected chi connectivity index (χ4v) is 3.11. The molecule has 2 aromatic rings. The molecule has 0 aliphatic heterocycles. The summed E-state index contributed by atoms with van der Waals surface area (Å²) in [5, 5.41) is 0. The van der Waals surface area contributed by atoms with Crippen molar-refractivity contribution in [2.75, 3.05) is 7.11 Å². The highest BCUT2D eigenvalue weighted by molar-refractivity contribution is 5.91. The van der Waals surface area contributed by atoms with E-state index >= 15 is 0 Å². The maximum absolute atomic E-state index is 12.1. The summed E-state index contributed by atoms with van der Waals surface area (Å²) in [7, 11) is 1.45. The zero-order valence-electron chi connectivity index (χ0n) is 13.1. The van der Waals surface area contributed by atoms with Crippen molar-refractivity contribution in [1.82, 2.24) is 0 Å². The molecule has 0 radical (unpaired) electrons. The normalized spacial score (nSPS) is 14.6. The van der Waals surface area contributed by atoms with Crippen LogP contribution in [0, 0.1) is 0 Å². The van der Waals surface area contributed by atoms with Gasteiger partial charge in [0.1, 0.15) is 0 Å². The number of benzene rings is 2. The summed E-state index contributed by atoms with van der Waals surface area (Å²) < 4.78 is 4.96.